The van der Waals surface area contributed by atoms with Gasteiger partial charge in [0, 0.05) is 21.6 Å². The zero-order valence-electron chi connectivity index (χ0n) is 23.3. The van der Waals surface area contributed by atoms with Crippen molar-refractivity contribution in [1.29, 1.82) is 0 Å². The minimum absolute atomic E-state index is 0.0351. The minimum atomic E-state index is -0.0351. The van der Waals surface area contributed by atoms with Gasteiger partial charge < -0.3 is 4.57 Å². The van der Waals surface area contributed by atoms with Crippen LogP contribution in [0.5, 0.6) is 0 Å². The summed E-state index contributed by atoms with van der Waals surface area (Å²) in [4.78, 5) is 0. The Balaban J connectivity index is 1.27. The molecule has 1 heteroatoms. The fourth-order valence-corrected chi connectivity index (χ4v) is 8.67. The van der Waals surface area contributed by atoms with E-state index in [1.807, 2.05) is 0 Å². The lowest BCUT2D eigenvalue weighted by Gasteiger charge is -2.36. The van der Waals surface area contributed by atoms with Gasteiger partial charge in [-0.1, -0.05) is 112 Å². The molecule has 0 amide bonds. The smallest absolute Gasteiger partial charge is 0.0582 e. The Labute approximate surface area is 236 Å². The zero-order chi connectivity index (χ0) is 26.6. The van der Waals surface area contributed by atoms with Crippen LogP contribution in [0.15, 0.2) is 103 Å². The molecule has 1 saturated carbocycles. The van der Waals surface area contributed by atoms with E-state index in [1.165, 1.54) is 93.0 Å². The second-order valence-corrected chi connectivity index (χ2v) is 12.9. The summed E-state index contributed by atoms with van der Waals surface area (Å²) >= 11 is 0. The molecule has 2 aliphatic carbocycles. The monoisotopic (exact) mass is 515 g/mol. The van der Waals surface area contributed by atoms with E-state index < -0.39 is 0 Å². The van der Waals surface area contributed by atoms with Crippen LogP contribution in [0.2, 0.25) is 0 Å². The molecule has 0 N–H and O–H groups in total. The average Bonchev–Trinajstić information content (AvgIpc) is 3.47. The van der Waals surface area contributed by atoms with Gasteiger partial charge in [0.25, 0.3) is 0 Å². The molecule has 1 aromatic heterocycles. The Morgan fingerprint density at radius 3 is 2.12 bits per heavy atom. The molecule has 1 fully saturated rings. The van der Waals surface area contributed by atoms with Crippen molar-refractivity contribution in [1.82, 2.24) is 4.57 Å². The molecule has 194 valence electrons. The number of hydrogen-bond donors (Lipinski definition) is 0. The first-order chi connectivity index (χ1) is 19.6. The number of rotatable bonds is 1. The predicted octanol–water partition coefficient (Wildman–Crippen LogP) is 10.3. The van der Waals surface area contributed by atoms with Crippen molar-refractivity contribution in [2.75, 3.05) is 0 Å². The van der Waals surface area contributed by atoms with Crippen molar-refractivity contribution >= 4 is 21.8 Å². The maximum Gasteiger partial charge on any atom is 0.0582 e. The Kier molecular flexibility index (Phi) is 4.40. The lowest BCUT2D eigenvalue weighted by Crippen LogP contribution is -2.28. The molecular formula is C39H33N. The minimum Gasteiger partial charge on any atom is -0.309 e. The van der Waals surface area contributed by atoms with E-state index in [9.17, 15) is 0 Å². The molecule has 0 unspecified atom stereocenters. The highest BCUT2D eigenvalue weighted by molar-refractivity contribution is 6.12. The van der Waals surface area contributed by atoms with E-state index in [0.29, 0.717) is 0 Å². The summed E-state index contributed by atoms with van der Waals surface area (Å²) in [5, 5.41) is 2.70. The van der Waals surface area contributed by atoms with Gasteiger partial charge in [-0.3, -0.25) is 0 Å². The molecule has 0 atom stereocenters. The predicted molar refractivity (Wildman–Crippen MR) is 168 cm³/mol. The standard InChI is InChI=1S/C39H33N/c1-38(2)32-14-6-7-16-36(32)40-35-20-18-25(23-30(35)29-12-10-15-33(38)37(29)40)26-17-19-28-27-11-4-5-13-31(27)39(34(28)24-26)21-8-3-9-22-39/h4-7,10-20,23-24H,3,8-9,21-22H2,1-2H3. The molecule has 0 radical (unpaired) electrons. The zero-order valence-corrected chi connectivity index (χ0v) is 23.3. The first-order valence-electron chi connectivity index (χ1n) is 15.0. The molecule has 9 rings (SSSR count). The summed E-state index contributed by atoms with van der Waals surface area (Å²) < 4.78 is 2.51. The second-order valence-electron chi connectivity index (χ2n) is 12.9. The van der Waals surface area contributed by atoms with Gasteiger partial charge in [0.05, 0.1) is 16.7 Å². The third-order valence-corrected chi connectivity index (χ3v) is 10.6. The topological polar surface area (TPSA) is 4.93 Å². The van der Waals surface area contributed by atoms with Crippen LogP contribution in [-0.2, 0) is 10.8 Å². The van der Waals surface area contributed by atoms with E-state index in [1.54, 1.807) is 11.1 Å². The van der Waals surface area contributed by atoms with E-state index in [0.717, 1.165) is 0 Å². The lowest BCUT2D eigenvalue weighted by molar-refractivity contribution is 0.353. The summed E-state index contributed by atoms with van der Waals surface area (Å²) in [5.74, 6) is 0. The fraction of sp³-hybridized carbons (Fsp3) is 0.231. The Hall–Kier alpha value is -4.10. The van der Waals surface area contributed by atoms with Gasteiger partial charge >= 0.3 is 0 Å². The van der Waals surface area contributed by atoms with E-state index in [-0.39, 0.29) is 10.8 Å². The highest BCUT2D eigenvalue weighted by Crippen LogP contribution is 2.56. The fourth-order valence-electron chi connectivity index (χ4n) is 8.67. The van der Waals surface area contributed by atoms with Gasteiger partial charge in [0.15, 0.2) is 0 Å². The van der Waals surface area contributed by atoms with E-state index in [4.69, 9.17) is 0 Å². The van der Waals surface area contributed by atoms with Crippen LogP contribution in [0.25, 0.3) is 49.7 Å². The number of hydrogen-bond acceptors (Lipinski definition) is 0. The number of nitrogens with zero attached hydrogens (tertiary/aromatic N) is 1. The first-order valence-corrected chi connectivity index (χ1v) is 15.0. The normalized spacial score (nSPS) is 17.6. The van der Waals surface area contributed by atoms with Gasteiger partial charge in [-0.15, -0.1) is 0 Å². The summed E-state index contributed by atoms with van der Waals surface area (Å²) in [7, 11) is 0. The molecule has 6 aromatic rings. The van der Waals surface area contributed by atoms with Crippen molar-refractivity contribution in [2.45, 2.75) is 56.8 Å². The quantitative estimate of drug-likeness (QED) is 0.205. The summed E-state index contributed by atoms with van der Waals surface area (Å²) in [5.41, 5.74) is 15.6. The van der Waals surface area contributed by atoms with Crippen LogP contribution in [-0.4, -0.2) is 4.57 Å². The van der Waals surface area contributed by atoms with Gasteiger partial charge in [-0.25, -0.2) is 0 Å². The largest absolute Gasteiger partial charge is 0.309 e. The second kappa shape index (κ2) is 7.76. The molecule has 40 heavy (non-hydrogen) atoms. The number of aromatic nitrogens is 1. The van der Waals surface area contributed by atoms with Gasteiger partial charge in [0.2, 0.25) is 0 Å². The van der Waals surface area contributed by atoms with Crippen molar-refractivity contribution in [3.8, 4) is 27.9 Å². The first kappa shape index (κ1) is 22.7. The average molecular weight is 516 g/mol. The van der Waals surface area contributed by atoms with Gasteiger partial charge in [-0.2, -0.15) is 0 Å². The molecule has 1 spiro atoms. The van der Waals surface area contributed by atoms with Crippen LogP contribution in [0, 0.1) is 0 Å². The van der Waals surface area contributed by atoms with E-state index in [2.05, 4.69) is 122 Å². The van der Waals surface area contributed by atoms with Crippen molar-refractivity contribution < 1.29 is 0 Å². The van der Waals surface area contributed by atoms with Crippen LogP contribution in [0.4, 0.5) is 0 Å². The number of fused-ring (bicyclic) bond motifs is 10. The summed E-state index contributed by atoms with van der Waals surface area (Å²) in [6, 6.07) is 39.5. The third kappa shape index (κ3) is 2.73. The Morgan fingerprint density at radius 2 is 1.25 bits per heavy atom. The molecule has 5 aromatic carbocycles. The molecular weight excluding hydrogens is 482 g/mol. The van der Waals surface area contributed by atoms with Crippen molar-refractivity contribution in [3.05, 3.63) is 125 Å². The van der Waals surface area contributed by atoms with Gasteiger partial charge in [0.1, 0.15) is 0 Å². The van der Waals surface area contributed by atoms with Crippen LogP contribution in [0.3, 0.4) is 0 Å². The molecule has 0 saturated heterocycles. The van der Waals surface area contributed by atoms with Crippen molar-refractivity contribution in [2.24, 2.45) is 0 Å². The summed E-state index contributed by atoms with van der Waals surface area (Å²) in [6.45, 7) is 4.74. The number of benzene rings is 5. The third-order valence-electron chi connectivity index (χ3n) is 10.6. The van der Waals surface area contributed by atoms with Gasteiger partial charge in [-0.05, 0) is 81.6 Å². The molecule has 2 heterocycles. The maximum atomic E-state index is 2.54. The summed E-state index contributed by atoms with van der Waals surface area (Å²) in [6.07, 6.45) is 6.55. The van der Waals surface area contributed by atoms with Crippen LogP contribution in [0.1, 0.15) is 68.2 Å². The maximum absolute atomic E-state index is 2.54. The SMILES string of the molecule is CC1(C)c2ccccc2-n2c3ccc(-c4ccc5c(c4)C4(CCCCC4)c4ccccc4-5)cc3c3cccc1c32. The van der Waals surface area contributed by atoms with Crippen LogP contribution >= 0.6 is 0 Å². The molecule has 1 nitrogen and oxygen atoms in total. The molecule has 3 aliphatic rings. The number of para-hydroxylation sites is 2. The Morgan fingerprint density at radius 1 is 0.550 bits per heavy atom. The molecule has 1 aliphatic heterocycles. The van der Waals surface area contributed by atoms with E-state index >= 15 is 0 Å². The highest BCUT2D eigenvalue weighted by atomic mass is 15.0. The van der Waals surface area contributed by atoms with Crippen molar-refractivity contribution in [3.63, 3.8) is 0 Å². The lowest BCUT2D eigenvalue weighted by atomic mass is 9.67. The Bertz CT molecular complexity index is 2010. The highest BCUT2D eigenvalue weighted by Gasteiger charge is 2.43. The van der Waals surface area contributed by atoms with Crippen LogP contribution < -0.4 is 0 Å². The molecule has 0 bridgehead atoms.